The molecular formula is C23H28BrN3O3. The minimum Gasteiger partial charge on any atom is -0.497 e. The van der Waals surface area contributed by atoms with Crippen LogP contribution in [0.1, 0.15) is 18.4 Å². The van der Waals surface area contributed by atoms with Gasteiger partial charge in [0, 0.05) is 36.3 Å². The number of aliphatic hydroxyl groups is 1. The van der Waals surface area contributed by atoms with Crippen LogP contribution in [0.3, 0.4) is 0 Å². The van der Waals surface area contributed by atoms with E-state index in [4.69, 9.17) is 4.74 Å². The number of likely N-dealkylation sites (tertiary alicyclic amines) is 1. The van der Waals surface area contributed by atoms with Crippen LogP contribution in [0, 0.1) is 0 Å². The van der Waals surface area contributed by atoms with Gasteiger partial charge in [-0.05, 0) is 54.8 Å². The van der Waals surface area contributed by atoms with Crippen LogP contribution in [0.4, 0.5) is 10.5 Å². The molecule has 0 saturated carbocycles. The van der Waals surface area contributed by atoms with Crippen LogP contribution >= 0.6 is 15.9 Å². The number of methoxy groups -OCH3 is 1. The zero-order valence-electron chi connectivity index (χ0n) is 17.3. The highest BCUT2D eigenvalue weighted by Crippen LogP contribution is 2.39. The molecule has 1 N–H and O–H groups in total. The molecule has 2 aliphatic heterocycles. The van der Waals surface area contributed by atoms with E-state index in [-0.39, 0.29) is 18.2 Å². The highest BCUT2D eigenvalue weighted by atomic mass is 79.9. The van der Waals surface area contributed by atoms with Crippen molar-refractivity contribution in [2.45, 2.75) is 24.9 Å². The van der Waals surface area contributed by atoms with E-state index >= 15 is 0 Å². The normalized spacial score (nSPS) is 19.0. The van der Waals surface area contributed by atoms with Gasteiger partial charge in [-0.25, -0.2) is 4.79 Å². The van der Waals surface area contributed by atoms with Crippen molar-refractivity contribution in [1.82, 2.24) is 9.80 Å². The maximum absolute atomic E-state index is 13.6. The van der Waals surface area contributed by atoms with Gasteiger partial charge in [0.2, 0.25) is 0 Å². The van der Waals surface area contributed by atoms with Crippen molar-refractivity contribution in [1.29, 1.82) is 0 Å². The SMILES string of the molecule is COc1cccc(CN2C(=O)N(c3ccc(Br)cc3)CC23CCN(CCO)CC3)c1. The molecule has 2 saturated heterocycles. The Morgan fingerprint density at radius 1 is 1.13 bits per heavy atom. The Kier molecular flexibility index (Phi) is 6.32. The number of aliphatic hydroxyl groups excluding tert-OH is 1. The predicted octanol–water partition coefficient (Wildman–Crippen LogP) is 3.73. The number of carbonyl (C=O) groups excluding carboxylic acids is 1. The first-order chi connectivity index (χ1) is 14.5. The molecule has 2 aromatic rings. The molecule has 160 valence electrons. The van der Waals surface area contributed by atoms with Gasteiger partial charge < -0.3 is 19.6 Å². The summed E-state index contributed by atoms with van der Waals surface area (Å²) in [5.41, 5.74) is 1.78. The summed E-state index contributed by atoms with van der Waals surface area (Å²) in [5.74, 6) is 0.802. The smallest absolute Gasteiger partial charge is 0.325 e. The van der Waals surface area contributed by atoms with Crippen molar-refractivity contribution < 1.29 is 14.6 Å². The molecule has 4 rings (SSSR count). The number of β-amino-alcohol motifs (C(OH)–C–C–N with tert-alkyl or cyclic N) is 1. The van der Waals surface area contributed by atoms with E-state index in [1.165, 1.54) is 0 Å². The second-order valence-electron chi connectivity index (χ2n) is 8.07. The molecule has 0 unspecified atom stereocenters. The van der Waals surface area contributed by atoms with Crippen molar-refractivity contribution in [3.05, 3.63) is 58.6 Å². The fourth-order valence-electron chi connectivity index (χ4n) is 4.57. The molecule has 0 aliphatic carbocycles. The molecule has 2 heterocycles. The zero-order valence-corrected chi connectivity index (χ0v) is 18.8. The molecule has 1 spiro atoms. The molecule has 6 nitrogen and oxygen atoms in total. The average Bonchev–Trinajstić information content (AvgIpc) is 3.02. The molecular weight excluding hydrogens is 446 g/mol. The van der Waals surface area contributed by atoms with E-state index in [0.29, 0.717) is 19.6 Å². The van der Waals surface area contributed by atoms with Crippen LogP contribution < -0.4 is 9.64 Å². The number of ether oxygens (including phenoxy) is 1. The van der Waals surface area contributed by atoms with Gasteiger partial charge in [-0.3, -0.25) is 4.90 Å². The number of nitrogens with zero attached hydrogens (tertiary/aromatic N) is 3. The average molecular weight is 474 g/mol. The minimum absolute atomic E-state index is 0.0516. The van der Waals surface area contributed by atoms with Gasteiger partial charge in [-0.15, -0.1) is 0 Å². The number of anilines is 1. The Labute approximate surface area is 186 Å². The van der Waals surface area contributed by atoms with E-state index in [2.05, 4.69) is 25.7 Å². The summed E-state index contributed by atoms with van der Waals surface area (Å²) in [7, 11) is 1.66. The zero-order chi connectivity index (χ0) is 21.1. The number of rotatable bonds is 6. The monoisotopic (exact) mass is 473 g/mol. The van der Waals surface area contributed by atoms with Crippen molar-refractivity contribution in [3.8, 4) is 5.75 Å². The van der Waals surface area contributed by atoms with Gasteiger partial charge in [-0.2, -0.15) is 0 Å². The highest BCUT2D eigenvalue weighted by Gasteiger charge is 2.51. The first-order valence-corrected chi connectivity index (χ1v) is 11.1. The molecule has 2 amide bonds. The molecule has 2 aliphatic rings. The summed E-state index contributed by atoms with van der Waals surface area (Å²) < 4.78 is 6.38. The molecule has 0 radical (unpaired) electrons. The number of piperidine rings is 1. The Bertz CT molecular complexity index is 882. The van der Waals surface area contributed by atoms with Crippen molar-refractivity contribution in [3.63, 3.8) is 0 Å². The Morgan fingerprint density at radius 3 is 2.53 bits per heavy atom. The fraction of sp³-hybridized carbons (Fsp3) is 0.435. The molecule has 0 atom stereocenters. The number of hydrogen-bond acceptors (Lipinski definition) is 4. The first-order valence-electron chi connectivity index (χ1n) is 10.4. The van der Waals surface area contributed by atoms with Gasteiger partial charge in [-0.1, -0.05) is 28.1 Å². The van der Waals surface area contributed by atoms with Crippen LogP contribution in [0.2, 0.25) is 0 Å². The van der Waals surface area contributed by atoms with E-state index in [0.717, 1.165) is 47.4 Å². The van der Waals surface area contributed by atoms with Crippen molar-refractivity contribution in [2.24, 2.45) is 0 Å². The van der Waals surface area contributed by atoms with Gasteiger partial charge in [0.05, 0.1) is 25.8 Å². The summed E-state index contributed by atoms with van der Waals surface area (Å²) in [6.45, 7) is 3.88. The molecule has 2 aromatic carbocycles. The number of urea groups is 1. The second-order valence-corrected chi connectivity index (χ2v) is 8.99. The minimum atomic E-state index is -0.209. The topological polar surface area (TPSA) is 56.2 Å². The third-order valence-corrected chi connectivity index (χ3v) is 6.83. The maximum Gasteiger partial charge on any atom is 0.325 e. The van der Waals surface area contributed by atoms with E-state index in [9.17, 15) is 9.90 Å². The number of halogens is 1. The van der Waals surface area contributed by atoms with E-state index in [1.54, 1.807) is 7.11 Å². The fourth-order valence-corrected chi connectivity index (χ4v) is 4.83. The lowest BCUT2D eigenvalue weighted by Gasteiger charge is -2.43. The lowest BCUT2D eigenvalue weighted by atomic mass is 9.86. The summed E-state index contributed by atoms with van der Waals surface area (Å²) in [6.07, 6.45) is 1.80. The Morgan fingerprint density at radius 2 is 1.87 bits per heavy atom. The predicted molar refractivity (Wildman–Crippen MR) is 121 cm³/mol. The van der Waals surface area contributed by atoms with Gasteiger partial charge in [0.1, 0.15) is 5.75 Å². The second kappa shape index (κ2) is 8.96. The van der Waals surface area contributed by atoms with E-state index < -0.39 is 0 Å². The van der Waals surface area contributed by atoms with Crippen LogP contribution in [0.25, 0.3) is 0 Å². The van der Waals surface area contributed by atoms with Crippen molar-refractivity contribution in [2.75, 3.05) is 44.8 Å². The van der Waals surface area contributed by atoms with Crippen molar-refractivity contribution >= 4 is 27.6 Å². The Hall–Kier alpha value is -2.09. The standard InChI is InChI=1S/C23H28BrN3O3/c1-30-21-4-2-3-18(15-21)16-27-22(29)26(20-7-5-19(24)6-8-20)17-23(27)9-11-25(12-10-23)13-14-28/h2-8,15,28H,9-14,16-17H2,1H3. The van der Waals surface area contributed by atoms with Gasteiger partial charge in [0.15, 0.2) is 0 Å². The van der Waals surface area contributed by atoms with Crippen LogP contribution in [-0.2, 0) is 6.54 Å². The van der Waals surface area contributed by atoms with Crippen LogP contribution in [-0.4, -0.2) is 66.4 Å². The number of hydrogen-bond donors (Lipinski definition) is 1. The number of carbonyl (C=O) groups is 1. The molecule has 7 heteroatoms. The van der Waals surface area contributed by atoms with E-state index in [1.807, 2.05) is 53.4 Å². The third-order valence-electron chi connectivity index (χ3n) is 6.30. The first kappa shape index (κ1) is 21.2. The summed E-state index contributed by atoms with van der Waals surface area (Å²) in [5, 5.41) is 9.30. The summed E-state index contributed by atoms with van der Waals surface area (Å²) in [4.78, 5) is 19.8. The largest absolute Gasteiger partial charge is 0.497 e. The molecule has 0 bridgehead atoms. The molecule has 0 aromatic heterocycles. The highest BCUT2D eigenvalue weighted by molar-refractivity contribution is 9.10. The quantitative estimate of drug-likeness (QED) is 0.694. The Balaban J connectivity index is 1.62. The molecule has 2 fully saturated rings. The van der Waals surface area contributed by atoms with Gasteiger partial charge in [0.25, 0.3) is 0 Å². The lowest BCUT2D eigenvalue weighted by molar-refractivity contribution is 0.0640. The number of amides is 2. The maximum atomic E-state index is 13.6. The van der Waals surface area contributed by atoms with Crippen LogP contribution in [0.5, 0.6) is 5.75 Å². The van der Waals surface area contributed by atoms with Gasteiger partial charge >= 0.3 is 6.03 Å². The molecule has 30 heavy (non-hydrogen) atoms. The summed E-state index contributed by atoms with van der Waals surface area (Å²) >= 11 is 3.48. The summed E-state index contributed by atoms with van der Waals surface area (Å²) in [6, 6.07) is 15.9. The number of benzene rings is 2. The van der Waals surface area contributed by atoms with Crippen LogP contribution in [0.15, 0.2) is 53.0 Å². The lowest BCUT2D eigenvalue weighted by Crippen LogP contribution is -2.54. The third kappa shape index (κ3) is 4.19.